The standard InChI is InChI=1S/C8H20NO3P.Ca.2H/c1-2-3-4-5-6-7-8-9-13(10,11)12;;;/h2-8H2,1H3,(H3,9,10,11,12);;;/q;+2;2*-1. The van der Waals surface area contributed by atoms with Crippen molar-refractivity contribution in [2.75, 3.05) is 6.54 Å². The molecular formula is C8H22CaNO3P. The third kappa shape index (κ3) is 15.8. The number of rotatable bonds is 8. The fourth-order valence-corrected chi connectivity index (χ4v) is 1.58. The number of hydrogen-bond acceptors (Lipinski definition) is 1. The van der Waals surface area contributed by atoms with Crippen molar-refractivity contribution in [3.05, 3.63) is 0 Å². The van der Waals surface area contributed by atoms with Crippen LogP contribution < -0.4 is 5.09 Å². The van der Waals surface area contributed by atoms with Crippen LogP contribution in [0, 0.1) is 0 Å². The number of hydrogen-bond donors (Lipinski definition) is 3. The Morgan fingerprint density at radius 3 is 2.14 bits per heavy atom. The van der Waals surface area contributed by atoms with E-state index in [0.717, 1.165) is 19.3 Å². The van der Waals surface area contributed by atoms with Crippen molar-refractivity contribution in [3.63, 3.8) is 0 Å². The molecule has 84 valence electrons. The minimum Gasteiger partial charge on any atom is -1.00 e. The Kier molecular flexibility index (Phi) is 13.8. The summed E-state index contributed by atoms with van der Waals surface area (Å²) in [5.74, 6) is 0. The molecule has 0 heterocycles. The zero-order valence-electron chi connectivity index (χ0n) is 10.9. The first-order valence-corrected chi connectivity index (χ1v) is 6.48. The molecule has 0 fully saturated rings. The zero-order chi connectivity index (χ0) is 10.2. The molecule has 0 saturated carbocycles. The summed E-state index contributed by atoms with van der Waals surface area (Å²) in [6.07, 6.45) is 6.76. The fourth-order valence-electron chi connectivity index (χ4n) is 1.13. The maximum absolute atomic E-state index is 10.3. The number of nitrogens with one attached hydrogen (secondary N) is 1. The first-order valence-electron chi connectivity index (χ1n) is 4.87. The Balaban J connectivity index is -0.000000240. The minimum atomic E-state index is -3.98. The van der Waals surface area contributed by atoms with Gasteiger partial charge in [-0.15, -0.1) is 0 Å². The summed E-state index contributed by atoms with van der Waals surface area (Å²) >= 11 is 0. The predicted molar refractivity (Wildman–Crippen MR) is 61.4 cm³/mol. The molecule has 0 atom stereocenters. The van der Waals surface area contributed by atoms with Crippen LogP contribution in [0.1, 0.15) is 48.3 Å². The van der Waals surface area contributed by atoms with Gasteiger partial charge in [0.05, 0.1) is 0 Å². The van der Waals surface area contributed by atoms with Gasteiger partial charge >= 0.3 is 45.5 Å². The van der Waals surface area contributed by atoms with E-state index in [1.165, 1.54) is 19.3 Å². The molecule has 0 unspecified atom stereocenters. The first kappa shape index (κ1) is 17.8. The second-order valence-corrected chi connectivity index (χ2v) is 4.62. The number of unbranched alkanes of at least 4 members (excludes halogenated alkanes) is 5. The molecule has 3 N–H and O–H groups in total. The van der Waals surface area contributed by atoms with E-state index in [1.807, 2.05) is 0 Å². The van der Waals surface area contributed by atoms with Crippen molar-refractivity contribution in [1.82, 2.24) is 5.09 Å². The molecular weight excluding hydrogens is 229 g/mol. The Morgan fingerprint density at radius 2 is 1.64 bits per heavy atom. The molecule has 0 rings (SSSR count). The Labute approximate surface area is 119 Å². The SMILES string of the molecule is CCCCCCCCNP(=O)(O)O.[Ca+2].[H-].[H-]. The van der Waals surface area contributed by atoms with E-state index in [4.69, 9.17) is 9.79 Å². The van der Waals surface area contributed by atoms with Crippen LogP contribution in [0.25, 0.3) is 0 Å². The van der Waals surface area contributed by atoms with Gasteiger partial charge in [0.2, 0.25) is 0 Å². The summed E-state index contributed by atoms with van der Waals surface area (Å²) < 4.78 is 10.3. The third-order valence-corrected chi connectivity index (χ3v) is 2.48. The second kappa shape index (κ2) is 10.9. The monoisotopic (exact) mass is 251 g/mol. The van der Waals surface area contributed by atoms with Crippen molar-refractivity contribution >= 4 is 45.5 Å². The van der Waals surface area contributed by atoms with Gasteiger partial charge in [-0.3, -0.25) is 0 Å². The van der Waals surface area contributed by atoms with E-state index in [1.54, 1.807) is 0 Å². The smallest absolute Gasteiger partial charge is 1.00 e. The Morgan fingerprint density at radius 1 is 1.14 bits per heavy atom. The van der Waals surface area contributed by atoms with Gasteiger partial charge in [0.25, 0.3) is 0 Å². The molecule has 14 heavy (non-hydrogen) atoms. The normalized spacial score (nSPS) is 11.1. The maximum atomic E-state index is 10.3. The van der Waals surface area contributed by atoms with E-state index in [-0.39, 0.29) is 40.6 Å². The molecule has 4 nitrogen and oxygen atoms in total. The molecule has 0 aromatic rings. The third-order valence-electron chi connectivity index (χ3n) is 1.85. The zero-order valence-corrected chi connectivity index (χ0v) is 12.0. The van der Waals surface area contributed by atoms with E-state index in [0.29, 0.717) is 6.54 Å². The van der Waals surface area contributed by atoms with E-state index >= 15 is 0 Å². The maximum Gasteiger partial charge on any atom is 2.00 e. The van der Waals surface area contributed by atoms with Gasteiger partial charge in [0, 0.05) is 6.54 Å². The van der Waals surface area contributed by atoms with Gasteiger partial charge < -0.3 is 12.6 Å². The van der Waals surface area contributed by atoms with Crippen LogP contribution in [0.15, 0.2) is 0 Å². The molecule has 0 saturated heterocycles. The Hall–Kier alpha value is 1.37. The van der Waals surface area contributed by atoms with Gasteiger partial charge in [0.1, 0.15) is 0 Å². The van der Waals surface area contributed by atoms with Gasteiger partial charge in [-0.1, -0.05) is 39.0 Å². The van der Waals surface area contributed by atoms with Crippen molar-refractivity contribution < 1.29 is 17.2 Å². The summed E-state index contributed by atoms with van der Waals surface area (Å²) in [5.41, 5.74) is 0. The summed E-state index contributed by atoms with van der Waals surface area (Å²) in [6, 6.07) is 0. The van der Waals surface area contributed by atoms with Crippen LogP contribution in [-0.2, 0) is 4.57 Å². The van der Waals surface area contributed by atoms with Crippen LogP contribution in [0.5, 0.6) is 0 Å². The topological polar surface area (TPSA) is 69.6 Å². The summed E-state index contributed by atoms with van der Waals surface area (Å²) in [5, 5.41) is 2.18. The van der Waals surface area contributed by atoms with E-state index < -0.39 is 7.75 Å². The summed E-state index contributed by atoms with van der Waals surface area (Å²) in [7, 11) is -3.98. The molecule has 0 amide bonds. The van der Waals surface area contributed by atoms with Crippen LogP contribution in [0.2, 0.25) is 0 Å². The molecule has 0 aliphatic heterocycles. The molecule has 0 aromatic carbocycles. The second-order valence-electron chi connectivity index (χ2n) is 3.22. The molecule has 0 radical (unpaired) electrons. The Bertz CT molecular complexity index is 171. The molecule has 0 spiro atoms. The van der Waals surface area contributed by atoms with E-state index in [9.17, 15) is 4.57 Å². The van der Waals surface area contributed by atoms with Crippen molar-refractivity contribution in [2.24, 2.45) is 0 Å². The van der Waals surface area contributed by atoms with Crippen LogP contribution in [-0.4, -0.2) is 54.1 Å². The van der Waals surface area contributed by atoms with Gasteiger partial charge in [-0.25, -0.2) is 9.65 Å². The van der Waals surface area contributed by atoms with Crippen molar-refractivity contribution in [2.45, 2.75) is 45.4 Å². The minimum absolute atomic E-state index is 0. The van der Waals surface area contributed by atoms with Gasteiger partial charge in [-0.05, 0) is 6.42 Å². The van der Waals surface area contributed by atoms with Crippen LogP contribution >= 0.6 is 7.75 Å². The summed E-state index contributed by atoms with van der Waals surface area (Å²) in [6.45, 7) is 2.58. The largest absolute Gasteiger partial charge is 2.00 e. The summed E-state index contributed by atoms with van der Waals surface area (Å²) in [4.78, 5) is 16.9. The molecule has 0 aliphatic rings. The molecule has 0 aromatic heterocycles. The molecule has 0 aliphatic carbocycles. The average molecular weight is 251 g/mol. The van der Waals surface area contributed by atoms with Crippen LogP contribution in [0.4, 0.5) is 0 Å². The molecule has 0 bridgehead atoms. The predicted octanol–water partition coefficient (Wildman–Crippen LogP) is 1.87. The van der Waals surface area contributed by atoms with Crippen LogP contribution in [0.3, 0.4) is 0 Å². The average Bonchev–Trinajstić information content (AvgIpc) is 2.01. The van der Waals surface area contributed by atoms with Gasteiger partial charge in [0.15, 0.2) is 0 Å². The van der Waals surface area contributed by atoms with Crippen molar-refractivity contribution in [1.29, 1.82) is 0 Å². The quantitative estimate of drug-likeness (QED) is 0.350. The fraction of sp³-hybridized carbons (Fsp3) is 1.00. The van der Waals surface area contributed by atoms with Crippen molar-refractivity contribution in [3.8, 4) is 0 Å². The van der Waals surface area contributed by atoms with E-state index in [2.05, 4.69) is 12.0 Å². The molecule has 6 heteroatoms. The first-order chi connectivity index (χ1) is 6.06. The van der Waals surface area contributed by atoms with Gasteiger partial charge in [-0.2, -0.15) is 0 Å².